The van der Waals surface area contributed by atoms with E-state index in [9.17, 15) is 14.4 Å². The number of hydrogen-bond acceptors (Lipinski definition) is 4. The van der Waals surface area contributed by atoms with Gasteiger partial charge in [-0.3, -0.25) is 19.3 Å². The number of rotatable bonds is 17. The van der Waals surface area contributed by atoms with Crippen molar-refractivity contribution in [1.82, 2.24) is 4.90 Å². The Labute approximate surface area is 209 Å². The first-order valence-electron chi connectivity index (χ1n) is 13.4. The molecule has 3 rings (SSSR count). The summed E-state index contributed by atoms with van der Waals surface area (Å²) in [6, 6.07) is 9.58. The largest absolute Gasteiger partial charge is 0.481 e. The lowest BCUT2D eigenvalue weighted by molar-refractivity contribution is -0.137. The molecule has 35 heavy (non-hydrogen) atoms. The second kappa shape index (κ2) is 13.9. The van der Waals surface area contributed by atoms with Gasteiger partial charge in [-0.15, -0.1) is 0 Å². The van der Waals surface area contributed by atoms with E-state index >= 15 is 0 Å². The monoisotopic (exact) mass is 480 g/mol. The summed E-state index contributed by atoms with van der Waals surface area (Å²) in [5, 5.41) is 13.9. The molecule has 0 saturated carbocycles. The van der Waals surface area contributed by atoms with Crippen LogP contribution in [0.3, 0.4) is 0 Å². The number of carboxylic acids is 1. The Kier molecular flexibility index (Phi) is 10.6. The van der Waals surface area contributed by atoms with Crippen LogP contribution in [0.15, 0.2) is 30.3 Å². The quantitative estimate of drug-likeness (QED) is 0.188. The predicted octanol–water partition coefficient (Wildman–Crippen LogP) is 7.02. The van der Waals surface area contributed by atoms with Crippen LogP contribution < -0.4 is 5.32 Å². The van der Waals surface area contributed by atoms with Crippen molar-refractivity contribution in [3.63, 3.8) is 0 Å². The molecule has 0 saturated heterocycles. The molecule has 1 heterocycles. The van der Waals surface area contributed by atoms with E-state index in [4.69, 9.17) is 5.11 Å². The SMILES string of the molecule is CCCCCCCNc1ccc2c3c(cccc13)C(=O)N(CCCCCCCCCC(=O)O)C2=O. The first-order chi connectivity index (χ1) is 17.0. The van der Waals surface area contributed by atoms with Gasteiger partial charge < -0.3 is 10.4 Å². The van der Waals surface area contributed by atoms with Crippen molar-refractivity contribution < 1.29 is 19.5 Å². The minimum atomic E-state index is -0.733. The van der Waals surface area contributed by atoms with E-state index in [0.29, 0.717) is 17.7 Å². The molecule has 6 heteroatoms. The number of amides is 2. The summed E-state index contributed by atoms with van der Waals surface area (Å²) in [7, 11) is 0. The molecule has 0 atom stereocenters. The molecule has 6 nitrogen and oxygen atoms in total. The molecule has 0 fully saturated rings. The van der Waals surface area contributed by atoms with Crippen molar-refractivity contribution in [2.75, 3.05) is 18.4 Å². The zero-order valence-corrected chi connectivity index (χ0v) is 21.1. The van der Waals surface area contributed by atoms with Crippen LogP contribution in [-0.2, 0) is 4.79 Å². The number of carbonyl (C=O) groups excluding carboxylic acids is 2. The highest BCUT2D eigenvalue weighted by molar-refractivity contribution is 6.26. The van der Waals surface area contributed by atoms with Gasteiger partial charge in [0.1, 0.15) is 0 Å². The van der Waals surface area contributed by atoms with E-state index in [-0.39, 0.29) is 18.2 Å². The van der Waals surface area contributed by atoms with Gasteiger partial charge in [0, 0.05) is 47.1 Å². The van der Waals surface area contributed by atoms with Crippen LogP contribution in [0.1, 0.15) is 111 Å². The van der Waals surface area contributed by atoms with Crippen LogP contribution in [0.2, 0.25) is 0 Å². The highest BCUT2D eigenvalue weighted by atomic mass is 16.4. The van der Waals surface area contributed by atoms with Gasteiger partial charge in [0.15, 0.2) is 0 Å². The number of carbonyl (C=O) groups is 3. The summed E-state index contributed by atoms with van der Waals surface area (Å²) in [5.74, 6) is -1.12. The molecular weight excluding hydrogens is 440 g/mol. The first-order valence-corrected chi connectivity index (χ1v) is 13.4. The maximum atomic E-state index is 13.2. The summed E-state index contributed by atoms with van der Waals surface area (Å²) in [6.07, 6.45) is 12.8. The molecule has 2 aromatic carbocycles. The van der Waals surface area contributed by atoms with E-state index in [1.54, 1.807) is 0 Å². The predicted molar refractivity (Wildman–Crippen MR) is 141 cm³/mol. The average Bonchev–Trinajstić information content (AvgIpc) is 2.85. The molecule has 2 N–H and O–H groups in total. The maximum Gasteiger partial charge on any atom is 0.303 e. The van der Waals surface area contributed by atoms with Crippen molar-refractivity contribution in [2.45, 2.75) is 90.4 Å². The van der Waals surface area contributed by atoms with Gasteiger partial charge in [0.25, 0.3) is 11.8 Å². The smallest absolute Gasteiger partial charge is 0.303 e. The third kappa shape index (κ3) is 7.30. The lowest BCUT2D eigenvalue weighted by atomic mass is 9.92. The molecule has 190 valence electrons. The summed E-state index contributed by atoms with van der Waals surface area (Å²) < 4.78 is 0. The molecule has 0 aliphatic carbocycles. The Hall–Kier alpha value is -2.89. The van der Waals surface area contributed by atoms with Crippen molar-refractivity contribution in [3.05, 3.63) is 41.5 Å². The molecule has 0 aromatic heterocycles. The van der Waals surface area contributed by atoms with Crippen molar-refractivity contribution >= 4 is 34.2 Å². The van der Waals surface area contributed by atoms with Crippen molar-refractivity contribution in [3.8, 4) is 0 Å². The van der Waals surface area contributed by atoms with Crippen molar-refractivity contribution in [1.29, 1.82) is 0 Å². The molecule has 0 radical (unpaired) electrons. The zero-order valence-electron chi connectivity index (χ0n) is 21.1. The highest BCUT2D eigenvalue weighted by Gasteiger charge is 2.32. The highest BCUT2D eigenvalue weighted by Crippen LogP contribution is 2.34. The second-order valence-electron chi connectivity index (χ2n) is 9.61. The standard InChI is InChI=1S/C29H40N2O4/c1-2-3-4-9-12-20-30-25-19-18-24-27-22(25)15-14-16-23(27)28(34)31(29(24)35)21-13-10-7-5-6-8-11-17-26(32)33/h14-16,18-19,30H,2-13,17,20-21H2,1H3,(H,32,33). The molecular formula is C29H40N2O4. The van der Waals surface area contributed by atoms with Crippen LogP contribution in [0.25, 0.3) is 10.8 Å². The second-order valence-corrected chi connectivity index (χ2v) is 9.61. The summed E-state index contributed by atoms with van der Waals surface area (Å²) in [4.78, 5) is 38.4. The van der Waals surface area contributed by atoms with Gasteiger partial charge in [0.2, 0.25) is 0 Å². The Morgan fingerprint density at radius 1 is 0.800 bits per heavy atom. The van der Waals surface area contributed by atoms with Crippen LogP contribution in [-0.4, -0.2) is 40.9 Å². The Balaban J connectivity index is 1.54. The molecule has 0 bridgehead atoms. The molecule has 1 aliphatic heterocycles. The van der Waals surface area contributed by atoms with Crippen molar-refractivity contribution in [2.24, 2.45) is 0 Å². The van der Waals surface area contributed by atoms with Crippen LogP contribution in [0.5, 0.6) is 0 Å². The number of aliphatic carboxylic acids is 1. The minimum Gasteiger partial charge on any atom is -0.481 e. The van der Waals surface area contributed by atoms with Gasteiger partial charge in [0.05, 0.1) is 0 Å². The number of unbranched alkanes of at least 4 members (excludes halogenated alkanes) is 10. The molecule has 0 spiro atoms. The number of hydrogen-bond donors (Lipinski definition) is 2. The van der Waals surface area contributed by atoms with Gasteiger partial charge in [-0.2, -0.15) is 0 Å². The first kappa shape index (κ1) is 26.7. The van der Waals surface area contributed by atoms with E-state index in [1.165, 1.54) is 30.6 Å². The number of carboxylic acid groups (broad SMARTS) is 1. The molecule has 2 aromatic rings. The Morgan fingerprint density at radius 3 is 2.14 bits per heavy atom. The van der Waals surface area contributed by atoms with E-state index < -0.39 is 5.97 Å². The Bertz CT molecular complexity index is 995. The summed E-state index contributed by atoms with van der Waals surface area (Å²) in [6.45, 7) is 3.53. The zero-order chi connectivity index (χ0) is 25.0. The van der Waals surface area contributed by atoms with Gasteiger partial charge in [-0.05, 0) is 37.5 Å². The third-order valence-electron chi connectivity index (χ3n) is 6.86. The Morgan fingerprint density at radius 2 is 1.43 bits per heavy atom. The number of imide groups is 1. The number of anilines is 1. The number of benzene rings is 2. The van der Waals surface area contributed by atoms with Gasteiger partial charge in [-0.25, -0.2) is 0 Å². The fourth-order valence-corrected chi connectivity index (χ4v) is 4.89. The normalized spacial score (nSPS) is 13.0. The summed E-state index contributed by atoms with van der Waals surface area (Å²) >= 11 is 0. The van der Waals surface area contributed by atoms with Gasteiger partial charge >= 0.3 is 5.97 Å². The topological polar surface area (TPSA) is 86.7 Å². The van der Waals surface area contributed by atoms with E-state index in [0.717, 1.165) is 74.4 Å². The molecule has 1 aliphatic rings. The third-order valence-corrected chi connectivity index (χ3v) is 6.86. The maximum absolute atomic E-state index is 13.2. The number of nitrogens with one attached hydrogen (secondary N) is 1. The van der Waals surface area contributed by atoms with Crippen LogP contribution in [0, 0.1) is 0 Å². The fourth-order valence-electron chi connectivity index (χ4n) is 4.89. The molecule has 0 unspecified atom stereocenters. The summed E-state index contributed by atoms with van der Waals surface area (Å²) in [5.41, 5.74) is 2.21. The molecule has 2 amide bonds. The van der Waals surface area contributed by atoms with Crippen LogP contribution >= 0.6 is 0 Å². The fraction of sp³-hybridized carbons (Fsp3) is 0.552. The lowest BCUT2D eigenvalue weighted by Crippen LogP contribution is -2.40. The van der Waals surface area contributed by atoms with Gasteiger partial charge in [-0.1, -0.05) is 76.8 Å². The van der Waals surface area contributed by atoms with Crippen LogP contribution in [0.4, 0.5) is 5.69 Å². The minimum absolute atomic E-state index is 0.196. The number of nitrogens with zero attached hydrogens (tertiary/aromatic N) is 1. The van der Waals surface area contributed by atoms with E-state index in [2.05, 4.69) is 12.2 Å². The lowest BCUT2D eigenvalue weighted by Gasteiger charge is -2.28. The van der Waals surface area contributed by atoms with E-state index in [1.807, 2.05) is 30.3 Å². The average molecular weight is 481 g/mol.